The van der Waals surface area contributed by atoms with Crippen LogP contribution in [0, 0.1) is 0 Å². The first-order valence-electron chi connectivity index (χ1n) is 45.0. The maximum atomic E-state index is 15.8. The van der Waals surface area contributed by atoms with Gasteiger partial charge in [-0.1, -0.05) is 73.5 Å². The standard InChI is InChI=1S/C90H118N22O22S/c1-49-77(121)107-67(78(122)97-43-74(92)117)46-135-47-75(118)100-63(33-50-24-26-54(114)27-25-50)88(132)111-32-30-93-42-72(111)85(129)105-65(38-76(119)120)89(133)110-31-16-23-69(110)83(127)103-62(36-53-41-94-48-98-53)80(124)101-60(28-29-73(91)116)87(131)112-44-55(115)37-71(112)84(128)102-61(34-51-39-95-58-19-14-12-17-56(51)58)79(123)106-66(45-113)81(125)104-64(35-52-40-96-59-20-15-13-18-57(52)59)86(130)109(3)70-22-11-9-7-5-4-6-8-10-21-68(82(126)99-49)108(2)90(70)134/h4-5,12-15,17-20,24-27,39-41,48-49,55,60-72,93,95-96,113-115H,6-11,16,21-23,28-38,42-47H2,1-3H3,(H2,91,116)(H2,92,117)(H,94,98)(H,97,122)(H,99,126)(H,100,118)(H,101,124)(H,102,128)(H,103,127)(H,104,125)(H,105,129)(H,106,123)(H,107,121)(H,119,120)/b5-4-/t49-,55+,60-,61-,62-,63-,64-,65-,66-,67-,68-,69-,70-,71-,72-/m0/s1. The van der Waals surface area contributed by atoms with Gasteiger partial charge >= 0.3 is 5.97 Å². The SMILES string of the molecule is C[C@@H]1NC(=O)[C@@H]2CCCC/C=C\CCCC[C@@H](C(=O)N2C)N(C)C(=O)[C@H](Cc2c[nH]c3ccccc23)NC(=O)[C@H](CO)NC(=O)[C@H](Cc2c[nH]c3ccccc23)NC(=O)[C@@H]2C[C@@H](O)CN2C(=O)[C@H](CCC(N)=O)NC(=O)[C@H](Cc2cnc[nH]2)NC(=O)[C@@H]2CCCN2C(=O)[C@H](CC(=O)O)NC(=O)[C@@H]2CNCCN2C(=O)[C@H](Cc2ccc(O)cc2)NC(=O)CSC[C@@H](C(=O)NCC(N)=O)NC1=O. The zero-order valence-corrected chi connectivity index (χ0v) is 75.8. The maximum Gasteiger partial charge on any atom is 0.305 e. The van der Waals surface area contributed by atoms with Crippen molar-refractivity contribution in [1.82, 2.24) is 103 Å². The van der Waals surface area contributed by atoms with E-state index in [1.165, 1.54) is 62.7 Å². The fourth-order valence-electron chi connectivity index (χ4n) is 17.4. The Morgan fingerprint density at radius 2 is 1.07 bits per heavy atom. The van der Waals surface area contributed by atoms with E-state index in [2.05, 4.69) is 78.4 Å². The van der Waals surface area contributed by atoms with E-state index in [0.717, 1.165) is 31.4 Å². The van der Waals surface area contributed by atoms with Gasteiger partial charge in [-0.05, 0) is 106 Å². The molecule has 11 rings (SSSR count). The summed E-state index contributed by atoms with van der Waals surface area (Å²) in [5.74, 6) is -19.2. The lowest BCUT2D eigenvalue weighted by Crippen LogP contribution is -2.65. The number of H-pyrrole nitrogens is 3. The molecule has 4 fully saturated rings. The number of allylic oxidation sites excluding steroid dienone is 2. The number of aromatic hydroxyl groups is 1. The molecule has 0 spiro atoms. The Bertz CT molecular complexity index is 5340. The van der Waals surface area contributed by atoms with Crippen LogP contribution in [0.4, 0.5) is 0 Å². The summed E-state index contributed by atoms with van der Waals surface area (Å²) in [5, 5.41) is 73.5. The van der Waals surface area contributed by atoms with E-state index in [-0.39, 0.29) is 82.6 Å². The van der Waals surface area contributed by atoms with Crippen molar-refractivity contribution in [3.63, 3.8) is 0 Å². The number of aromatic nitrogens is 4. The predicted molar refractivity (Wildman–Crippen MR) is 487 cm³/mol. The number of para-hydroxylation sites is 2. The summed E-state index contributed by atoms with van der Waals surface area (Å²) in [7, 11) is 2.71. The van der Waals surface area contributed by atoms with E-state index in [9.17, 15) is 68.4 Å². The number of aromatic amines is 3. The number of aliphatic hydroxyl groups excluding tert-OH is 2. The van der Waals surface area contributed by atoms with Crippen LogP contribution in [0.3, 0.4) is 0 Å². The van der Waals surface area contributed by atoms with Gasteiger partial charge in [0.15, 0.2) is 0 Å². The number of rotatable bonds is 17. The Kier molecular flexibility index (Phi) is 36.3. The first-order valence-corrected chi connectivity index (χ1v) is 46.1. The topological polar surface area (TPSA) is 649 Å². The van der Waals surface area contributed by atoms with Crippen LogP contribution in [0.1, 0.15) is 119 Å². The average molecular weight is 1890 g/mol. The summed E-state index contributed by atoms with van der Waals surface area (Å²) >= 11 is 0.775. The van der Waals surface area contributed by atoms with Gasteiger partial charge in [0.1, 0.15) is 90.3 Å². The number of benzene rings is 3. The number of carboxylic acids is 1. The molecule has 0 radical (unpaired) electrons. The summed E-state index contributed by atoms with van der Waals surface area (Å²) in [6, 6.07) is -3.04. The molecule has 17 amide bonds. The van der Waals surface area contributed by atoms with Crippen LogP contribution in [0.25, 0.3) is 21.8 Å². The number of nitrogens with two attached hydrogens (primary N) is 2. The van der Waals surface area contributed by atoms with Gasteiger partial charge in [0.05, 0.1) is 37.8 Å². The molecule has 0 aliphatic carbocycles. The second-order valence-electron chi connectivity index (χ2n) is 34.3. The molecule has 4 saturated heterocycles. The number of hydrogen-bond donors (Lipinski definition) is 20. The van der Waals surface area contributed by atoms with E-state index < -0.39 is 260 Å². The molecule has 5 aliphatic rings. The fourth-order valence-corrected chi connectivity index (χ4v) is 18.2. The van der Waals surface area contributed by atoms with E-state index >= 15 is 38.4 Å². The van der Waals surface area contributed by atoms with Gasteiger partial charge < -0.3 is 130 Å². The Morgan fingerprint density at radius 1 is 0.526 bits per heavy atom. The zero-order chi connectivity index (χ0) is 97.3. The molecule has 15 atom stereocenters. The number of aliphatic hydroxyl groups is 2. The Morgan fingerprint density at radius 3 is 1.70 bits per heavy atom. The van der Waals surface area contributed by atoms with Crippen LogP contribution in [-0.4, -0.2) is 333 Å². The third-order valence-corrected chi connectivity index (χ3v) is 25.7. The first kappa shape index (κ1) is 102. The molecule has 8 heterocycles. The highest BCUT2D eigenvalue weighted by Gasteiger charge is 2.47. The molecule has 5 aliphatic heterocycles. The number of primary amides is 2. The second kappa shape index (κ2) is 48.2. The normalized spacial score (nSPS) is 26.4. The quantitative estimate of drug-likeness (QED) is 0.0386. The van der Waals surface area contributed by atoms with E-state index in [4.69, 9.17) is 11.5 Å². The number of carbonyl (C=O) groups is 18. The minimum atomic E-state index is -1.93. The Balaban J connectivity index is 0.944. The van der Waals surface area contributed by atoms with Crippen molar-refractivity contribution in [2.45, 2.75) is 213 Å². The number of carboxylic acid groups (broad SMARTS) is 1. The van der Waals surface area contributed by atoms with Crippen molar-refractivity contribution < 1.29 is 107 Å². The number of amides is 17. The molecule has 3 aromatic carbocycles. The summed E-state index contributed by atoms with van der Waals surface area (Å²) in [5.41, 5.74) is 13.9. The fraction of sp³-hybridized carbons (Fsp3) is 0.500. The predicted octanol–water partition coefficient (Wildman–Crippen LogP) is -4.09. The molecule has 3 aromatic heterocycles. The minimum Gasteiger partial charge on any atom is -0.508 e. The number of hydrogen-bond acceptors (Lipinski definition) is 24. The van der Waals surface area contributed by atoms with Crippen molar-refractivity contribution >= 4 is 140 Å². The lowest BCUT2D eigenvalue weighted by molar-refractivity contribution is -0.149. The summed E-state index contributed by atoms with van der Waals surface area (Å²) in [6.07, 6.45) is 7.38. The van der Waals surface area contributed by atoms with Crippen molar-refractivity contribution in [3.05, 3.63) is 132 Å². The molecule has 6 aromatic rings. The Hall–Kier alpha value is -13.8. The number of likely N-dealkylation sites (N-methyl/N-ethyl adjacent to an activating group) is 2. The molecule has 726 valence electrons. The molecule has 2 bridgehead atoms. The van der Waals surface area contributed by atoms with E-state index in [1.54, 1.807) is 60.9 Å². The number of nitrogens with one attached hydrogen (secondary N) is 14. The second-order valence-corrected chi connectivity index (χ2v) is 35.4. The van der Waals surface area contributed by atoms with Gasteiger partial charge in [-0.2, -0.15) is 0 Å². The summed E-state index contributed by atoms with van der Waals surface area (Å²) < 4.78 is 0. The molecule has 44 nitrogen and oxygen atoms in total. The monoisotopic (exact) mass is 1890 g/mol. The number of piperazine rings is 1. The van der Waals surface area contributed by atoms with Crippen molar-refractivity contribution in [2.24, 2.45) is 11.5 Å². The van der Waals surface area contributed by atoms with Crippen LogP contribution < -0.4 is 70.0 Å². The van der Waals surface area contributed by atoms with Gasteiger partial charge in [-0.3, -0.25) is 86.3 Å². The van der Waals surface area contributed by atoms with E-state index in [1.807, 2.05) is 12.2 Å². The molecule has 22 N–H and O–H groups in total. The lowest BCUT2D eigenvalue weighted by Gasteiger charge is -2.38. The highest BCUT2D eigenvalue weighted by molar-refractivity contribution is 8.00. The van der Waals surface area contributed by atoms with Gasteiger partial charge in [0.25, 0.3) is 0 Å². The molecular weight excluding hydrogens is 1770 g/mol. The largest absolute Gasteiger partial charge is 0.508 e. The highest BCUT2D eigenvalue weighted by Crippen LogP contribution is 2.29. The van der Waals surface area contributed by atoms with E-state index in [0.29, 0.717) is 77.0 Å². The molecular formula is C90H118N22O22S. The van der Waals surface area contributed by atoms with Crippen LogP contribution in [-0.2, 0) is 112 Å². The number of phenols is 1. The first-order chi connectivity index (χ1) is 64.6. The lowest BCUT2D eigenvalue weighted by atomic mass is 9.99. The average Bonchev–Trinajstić information content (AvgIpc) is 1.60. The summed E-state index contributed by atoms with van der Waals surface area (Å²) in [6.45, 7) is -1.73. The number of carbonyl (C=O) groups excluding carboxylic acids is 17. The van der Waals surface area contributed by atoms with Crippen LogP contribution in [0.2, 0.25) is 0 Å². The van der Waals surface area contributed by atoms with Crippen LogP contribution in [0.5, 0.6) is 5.75 Å². The third-order valence-electron chi connectivity index (χ3n) is 24.6. The van der Waals surface area contributed by atoms with Gasteiger partial charge in [0, 0.05) is 137 Å². The number of phenolic OH excluding ortho intramolecular Hbond substituents is 1. The molecule has 0 saturated carbocycles. The zero-order valence-electron chi connectivity index (χ0n) is 75.0. The number of thioether (sulfide) groups is 1. The third kappa shape index (κ3) is 27.5. The molecule has 45 heteroatoms. The van der Waals surface area contributed by atoms with Gasteiger partial charge in [-0.15, -0.1) is 11.8 Å². The molecule has 135 heavy (non-hydrogen) atoms. The smallest absolute Gasteiger partial charge is 0.305 e. The van der Waals surface area contributed by atoms with Crippen LogP contribution in [0.15, 0.2) is 110 Å². The number of imidazole rings is 1. The maximum absolute atomic E-state index is 15.8. The number of nitrogens with zero attached hydrogens (tertiary/aromatic N) is 6. The minimum absolute atomic E-state index is 0.00359. The summed E-state index contributed by atoms with van der Waals surface area (Å²) in [4.78, 5) is 281. The Labute approximate surface area is 780 Å². The number of aliphatic carboxylic acids is 1. The molecule has 0 unspecified atom stereocenters. The van der Waals surface area contributed by atoms with Gasteiger partial charge in [-0.25, -0.2) is 4.98 Å². The van der Waals surface area contributed by atoms with Crippen molar-refractivity contribution in [3.8, 4) is 5.75 Å². The van der Waals surface area contributed by atoms with Crippen LogP contribution >= 0.6 is 11.8 Å². The highest BCUT2D eigenvalue weighted by atomic mass is 32.2. The van der Waals surface area contributed by atoms with Crippen molar-refractivity contribution in [1.29, 1.82) is 0 Å². The van der Waals surface area contributed by atoms with Crippen molar-refractivity contribution in [2.75, 3.05) is 71.5 Å². The number of fused-ring (bicyclic) bond motifs is 8. The van der Waals surface area contributed by atoms with Gasteiger partial charge in [0.2, 0.25) is 100 Å².